The standard InChI is InChI=1S/C15H16NO3.BrH/c1-18-12-6-7-15(19-2)13(10-12)14(17)11-16-8-4-3-5-9-16;/h3-10H,11H2,1-2H3;1H/q+1;/p-1. The van der Waals surface area contributed by atoms with Gasteiger partial charge < -0.3 is 26.5 Å². The number of carbonyl (C=O) groups excluding carboxylic acids is 1. The molecule has 0 bridgehead atoms. The molecule has 1 aromatic carbocycles. The third-order valence-electron chi connectivity index (χ3n) is 2.81. The van der Waals surface area contributed by atoms with Gasteiger partial charge in [0.1, 0.15) is 11.5 Å². The van der Waals surface area contributed by atoms with Crippen LogP contribution in [0, 0.1) is 0 Å². The summed E-state index contributed by atoms with van der Waals surface area (Å²) >= 11 is 0. The highest BCUT2D eigenvalue weighted by Crippen LogP contribution is 2.24. The van der Waals surface area contributed by atoms with E-state index in [4.69, 9.17) is 9.47 Å². The third-order valence-corrected chi connectivity index (χ3v) is 2.81. The first-order chi connectivity index (χ1) is 9.24. The highest BCUT2D eigenvalue weighted by Gasteiger charge is 2.17. The molecule has 5 heteroatoms. The lowest BCUT2D eigenvalue weighted by molar-refractivity contribution is -0.683. The van der Waals surface area contributed by atoms with Gasteiger partial charge in [0.25, 0.3) is 0 Å². The molecule has 1 heterocycles. The van der Waals surface area contributed by atoms with Crippen LogP contribution in [-0.2, 0) is 6.54 Å². The van der Waals surface area contributed by atoms with Gasteiger partial charge in [0, 0.05) is 12.1 Å². The first-order valence-electron chi connectivity index (χ1n) is 5.94. The molecule has 0 unspecified atom stereocenters. The predicted molar refractivity (Wildman–Crippen MR) is 70.5 cm³/mol. The molecule has 0 radical (unpaired) electrons. The first kappa shape index (κ1) is 16.2. The summed E-state index contributed by atoms with van der Waals surface area (Å²) in [6, 6.07) is 10.9. The quantitative estimate of drug-likeness (QED) is 0.512. The Labute approximate surface area is 128 Å². The molecule has 0 saturated heterocycles. The van der Waals surface area contributed by atoms with Gasteiger partial charge >= 0.3 is 0 Å². The Bertz CT molecular complexity index is 573. The number of ketones is 1. The molecule has 0 aliphatic rings. The molecule has 0 amide bonds. The lowest BCUT2D eigenvalue weighted by Gasteiger charge is -2.08. The number of aromatic nitrogens is 1. The number of nitrogens with zero attached hydrogens (tertiary/aromatic N) is 1. The minimum atomic E-state index is -0.0213. The molecule has 0 atom stereocenters. The van der Waals surface area contributed by atoms with E-state index in [2.05, 4.69) is 0 Å². The van der Waals surface area contributed by atoms with E-state index >= 15 is 0 Å². The maximum Gasteiger partial charge on any atom is 0.231 e. The highest BCUT2D eigenvalue weighted by atomic mass is 79.9. The van der Waals surface area contributed by atoms with Crippen LogP contribution in [0.1, 0.15) is 10.4 Å². The van der Waals surface area contributed by atoms with Crippen LogP contribution in [0.25, 0.3) is 0 Å². The van der Waals surface area contributed by atoms with Gasteiger partial charge in [-0.3, -0.25) is 4.79 Å². The summed E-state index contributed by atoms with van der Waals surface area (Å²) in [5.41, 5.74) is 0.526. The van der Waals surface area contributed by atoms with E-state index in [9.17, 15) is 4.79 Å². The van der Waals surface area contributed by atoms with E-state index in [1.807, 2.05) is 35.2 Å². The van der Waals surface area contributed by atoms with Crippen molar-refractivity contribution in [2.24, 2.45) is 0 Å². The van der Waals surface area contributed by atoms with Crippen LogP contribution in [0.15, 0.2) is 48.8 Å². The number of carbonyl (C=O) groups is 1. The van der Waals surface area contributed by atoms with Gasteiger partial charge in [-0.2, -0.15) is 4.57 Å². The van der Waals surface area contributed by atoms with Crippen molar-refractivity contribution in [1.29, 1.82) is 0 Å². The Morgan fingerprint density at radius 2 is 1.80 bits per heavy atom. The molecule has 0 aliphatic carbocycles. The average Bonchev–Trinajstić information content (AvgIpc) is 2.47. The number of rotatable bonds is 5. The van der Waals surface area contributed by atoms with Crippen molar-refractivity contribution in [1.82, 2.24) is 0 Å². The number of hydrogen-bond donors (Lipinski definition) is 0. The van der Waals surface area contributed by atoms with E-state index in [0.717, 1.165) is 0 Å². The monoisotopic (exact) mass is 337 g/mol. The molecule has 106 valence electrons. The third kappa shape index (κ3) is 3.81. The van der Waals surface area contributed by atoms with Crippen LogP contribution < -0.4 is 31.0 Å². The molecule has 0 saturated carbocycles. The second-order valence-electron chi connectivity index (χ2n) is 4.04. The summed E-state index contributed by atoms with van der Waals surface area (Å²) in [5, 5.41) is 0. The summed E-state index contributed by atoms with van der Waals surface area (Å²) in [6.45, 7) is 0.268. The van der Waals surface area contributed by atoms with Crippen molar-refractivity contribution in [3.63, 3.8) is 0 Å². The topological polar surface area (TPSA) is 39.4 Å². The maximum atomic E-state index is 12.3. The molecular formula is C15H16BrNO3. The second-order valence-corrected chi connectivity index (χ2v) is 4.04. The fourth-order valence-corrected chi connectivity index (χ4v) is 1.82. The molecule has 4 nitrogen and oxygen atoms in total. The lowest BCUT2D eigenvalue weighted by Crippen LogP contribution is -3.00. The summed E-state index contributed by atoms with van der Waals surface area (Å²) < 4.78 is 12.2. The minimum Gasteiger partial charge on any atom is -1.00 e. The van der Waals surface area contributed by atoms with Crippen LogP contribution in [0.4, 0.5) is 0 Å². The van der Waals surface area contributed by atoms with Gasteiger partial charge in [-0.25, -0.2) is 0 Å². The van der Waals surface area contributed by atoms with Gasteiger partial charge in [0.05, 0.1) is 19.8 Å². The Morgan fingerprint density at radius 3 is 2.40 bits per heavy atom. The SMILES string of the molecule is COc1ccc(OC)c(C(=O)C[n+]2ccccc2)c1.[Br-]. The summed E-state index contributed by atoms with van der Waals surface area (Å²) in [7, 11) is 3.12. The van der Waals surface area contributed by atoms with Crippen LogP contribution in [0.5, 0.6) is 11.5 Å². The molecule has 0 aliphatic heterocycles. The summed E-state index contributed by atoms with van der Waals surface area (Å²) in [4.78, 5) is 12.3. The van der Waals surface area contributed by atoms with Crippen LogP contribution in [0.3, 0.4) is 0 Å². The molecule has 0 N–H and O–H groups in total. The van der Waals surface area contributed by atoms with Gasteiger partial charge in [-0.15, -0.1) is 0 Å². The van der Waals surface area contributed by atoms with E-state index in [0.29, 0.717) is 17.1 Å². The number of benzene rings is 1. The Morgan fingerprint density at radius 1 is 1.10 bits per heavy atom. The van der Waals surface area contributed by atoms with Crippen molar-refractivity contribution in [2.45, 2.75) is 6.54 Å². The second kappa shape index (κ2) is 7.65. The Balaban J connectivity index is 0.00000200. The van der Waals surface area contributed by atoms with E-state index in [1.165, 1.54) is 0 Å². The molecule has 0 spiro atoms. The lowest BCUT2D eigenvalue weighted by atomic mass is 10.1. The van der Waals surface area contributed by atoms with Gasteiger partial charge in [-0.1, -0.05) is 6.07 Å². The smallest absolute Gasteiger partial charge is 0.231 e. The van der Waals surface area contributed by atoms with Crippen molar-refractivity contribution in [3.05, 3.63) is 54.4 Å². The van der Waals surface area contributed by atoms with E-state index in [1.54, 1.807) is 32.4 Å². The molecule has 0 fully saturated rings. The summed E-state index contributed by atoms with van der Waals surface area (Å²) in [5.74, 6) is 1.18. The van der Waals surface area contributed by atoms with E-state index in [-0.39, 0.29) is 29.3 Å². The largest absolute Gasteiger partial charge is 1.00 e. The van der Waals surface area contributed by atoms with Gasteiger partial charge in [0.2, 0.25) is 12.3 Å². The Hall–Kier alpha value is -1.88. The zero-order valence-electron chi connectivity index (χ0n) is 11.4. The highest BCUT2D eigenvalue weighted by molar-refractivity contribution is 5.98. The normalized spacial score (nSPS) is 9.50. The van der Waals surface area contributed by atoms with Gasteiger partial charge in [0.15, 0.2) is 12.4 Å². The number of methoxy groups -OCH3 is 2. The van der Waals surface area contributed by atoms with Crippen molar-refractivity contribution in [3.8, 4) is 11.5 Å². The first-order valence-corrected chi connectivity index (χ1v) is 5.94. The number of ether oxygens (including phenoxy) is 2. The zero-order chi connectivity index (χ0) is 13.7. The number of Topliss-reactive ketones (excluding diaryl/α,β-unsaturated/α-hetero) is 1. The molecule has 1 aromatic heterocycles. The van der Waals surface area contributed by atoms with Crippen molar-refractivity contribution >= 4 is 5.78 Å². The molecule has 20 heavy (non-hydrogen) atoms. The zero-order valence-corrected chi connectivity index (χ0v) is 13.0. The Kier molecular flexibility index (Phi) is 6.18. The minimum absolute atomic E-state index is 0. The van der Waals surface area contributed by atoms with Gasteiger partial charge in [-0.05, 0) is 18.2 Å². The number of pyridine rings is 1. The predicted octanol–water partition coefficient (Wildman–Crippen LogP) is -1.12. The van der Waals surface area contributed by atoms with E-state index < -0.39 is 0 Å². The average molecular weight is 338 g/mol. The van der Waals surface area contributed by atoms with Crippen LogP contribution in [0.2, 0.25) is 0 Å². The van der Waals surface area contributed by atoms with Crippen LogP contribution in [-0.4, -0.2) is 20.0 Å². The number of halogens is 1. The molecule has 2 aromatic rings. The van der Waals surface area contributed by atoms with Crippen molar-refractivity contribution < 1.29 is 35.8 Å². The number of hydrogen-bond acceptors (Lipinski definition) is 3. The molecular weight excluding hydrogens is 322 g/mol. The fraction of sp³-hybridized carbons (Fsp3) is 0.200. The maximum absolute atomic E-state index is 12.3. The fourth-order valence-electron chi connectivity index (χ4n) is 1.82. The summed E-state index contributed by atoms with van der Waals surface area (Å²) in [6.07, 6.45) is 3.70. The van der Waals surface area contributed by atoms with Crippen molar-refractivity contribution in [2.75, 3.05) is 14.2 Å². The van der Waals surface area contributed by atoms with Crippen LogP contribution >= 0.6 is 0 Å². The molecule has 2 rings (SSSR count).